The van der Waals surface area contributed by atoms with E-state index < -0.39 is 0 Å². The largest absolute Gasteiger partial charge is 0.0843 e. The fourth-order valence-corrected chi connectivity index (χ4v) is 4.31. The molecule has 0 spiro atoms. The van der Waals surface area contributed by atoms with E-state index in [-0.39, 0.29) is 0 Å². The van der Waals surface area contributed by atoms with Gasteiger partial charge in [0.15, 0.2) is 0 Å². The summed E-state index contributed by atoms with van der Waals surface area (Å²) in [6.45, 7) is 0. The van der Waals surface area contributed by atoms with E-state index in [9.17, 15) is 0 Å². The summed E-state index contributed by atoms with van der Waals surface area (Å²) >= 11 is 6.06. The fourth-order valence-electron chi connectivity index (χ4n) is 4.19. The molecule has 5 rings (SSSR count). The Labute approximate surface area is 165 Å². The molecule has 0 saturated carbocycles. The maximum Gasteiger partial charge on any atom is 0.0406 e. The summed E-state index contributed by atoms with van der Waals surface area (Å²) in [6.07, 6.45) is 1.04. The first-order valence-corrected chi connectivity index (χ1v) is 9.70. The second-order valence-corrected chi connectivity index (χ2v) is 7.57. The SMILES string of the molecule is Clc1ccc(-c2ccc3c(c2)-c2ccccc2[C@H](c2ccccc2)C3)cc1. The van der Waals surface area contributed by atoms with Crippen molar-refractivity contribution in [3.8, 4) is 22.3 Å². The van der Waals surface area contributed by atoms with Crippen LogP contribution in [0.3, 0.4) is 0 Å². The standard InChI is InChI=1S/C26H19Cl/c27-22-14-12-18(13-15-22)20-10-11-21-17-25(19-6-2-1-3-7-19)23-8-4-5-9-24(23)26(21)16-20/h1-16,25H,17H2/t25-/m0/s1. The Balaban J connectivity index is 1.64. The number of hydrogen-bond acceptors (Lipinski definition) is 0. The van der Waals surface area contributed by atoms with Gasteiger partial charge in [0.2, 0.25) is 0 Å². The van der Waals surface area contributed by atoms with Gasteiger partial charge in [-0.2, -0.15) is 0 Å². The van der Waals surface area contributed by atoms with Gasteiger partial charge in [-0.25, -0.2) is 0 Å². The lowest BCUT2D eigenvalue weighted by molar-refractivity contribution is 0.794. The van der Waals surface area contributed by atoms with Gasteiger partial charge < -0.3 is 0 Å². The molecule has 0 aromatic heterocycles. The Morgan fingerprint density at radius 3 is 2.15 bits per heavy atom. The fraction of sp³-hybridized carbons (Fsp3) is 0.0769. The lowest BCUT2D eigenvalue weighted by atomic mass is 9.75. The molecule has 0 fully saturated rings. The van der Waals surface area contributed by atoms with Gasteiger partial charge in [-0.15, -0.1) is 0 Å². The Bertz CT molecular complexity index is 1090. The highest BCUT2D eigenvalue weighted by molar-refractivity contribution is 6.30. The molecule has 0 saturated heterocycles. The molecule has 27 heavy (non-hydrogen) atoms. The van der Waals surface area contributed by atoms with Gasteiger partial charge in [-0.05, 0) is 63.6 Å². The van der Waals surface area contributed by atoms with E-state index in [1.807, 2.05) is 12.1 Å². The first kappa shape index (κ1) is 16.4. The quantitative estimate of drug-likeness (QED) is 0.347. The van der Waals surface area contributed by atoms with Crippen molar-refractivity contribution in [1.29, 1.82) is 0 Å². The van der Waals surface area contributed by atoms with Crippen molar-refractivity contribution >= 4 is 11.6 Å². The molecule has 0 nitrogen and oxygen atoms in total. The smallest absolute Gasteiger partial charge is 0.0406 e. The van der Waals surface area contributed by atoms with Crippen LogP contribution in [-0.2, 0) is 6.42 Å². The zero-order valence-electron chi connectivity index (χ0n) is 14.9. The summed E-state index contributed by atoms with van der Waals surface area (Å²) < 4.78 is 0. The van der Waals surface area contributed by atoms with E-state index in [2.05, 4.69) is 84.9 Å². The zero-order valence-corrected chi connectivity index (χ0v) is 15.7. The molecule has 0 aliphatic heterocycles. The highest BCUT2D eigenvalue weighted by atomic mass is 35.5. The molecule has 4 aromatic rings. The molecule has 1 aliphatic rings. The van der Waals surface area contributed by atoms with Gasteiger partial charge in [0.25, 0.3) is 0 Å². The van der Waals surface area contributed by atoms with Crippen molar-refractivity contribution in [2.45, 2.75) is 12.3 Å². The summed E-state index contributed by atoms with van der Waals surface area (Å²) in [6, 6.07) is 34.6. The van der Waals surface area contributed by atoms with Crippen molar-refractivity contribution in [3.05, 3.63) is 119 Å². The van der Waals surface area contributed by atoms with Crippen LogP contribution in [0, 0.1) is 0 Å². The second-order valence-electron chi connectivity index (χ2n) is 7.13. The monoisotopic (exact) mass is 366 g/mol. The van der Waals surface area contributed by atoms with Crippen LogP contribution in [0.2, 0.25) is 5.02 Å². The van der Waals surface area contributed by atoms with Crippen LogP contribution in [-0.4, -0.2) is 0 Å². The van der Waals surface area contributed by atoms with Gasteiger partial charge >= 0.3 is 0 Å². The third kappa shape index (κ3) is 2.97. The predicted molar refractivity (Wildman–Crippen MR) is 114 cm³/mol. The number of benzene rings is 4. The summed E-state index contributed by atoms with van der Waals surface area (Å²) in [5.41, 5.74) is 9.36. The number of hydrogen-bond donors (Lipinski definition) is 0. The Kier molecular flexibility index (Phi) is 4.07. The van der Waals surface area contributed by atoms with Crippen molar-refractivity contribution in [2.24, 2.45) is 0 Å². The van der Waals surface area contributed by atoms with Crippen molar-refractivity contribution < 1.29 is 0 Å². The molecule has 4 aromatic carbocycles. The van der Waals surface area contributed by atoms with Crippen molar-refractivity contribution in [2.75, 3.05) is 0 Å². The predicted octanol–water partition coefficient (Wildman–Crippen LogP) is 7.36. The molecule has 0 amide bonds. The van der Waals surface area contributed by atoms with Gasteiger partial charge in [-0.3, -0.25) is 0 Å². The van der Waals surface area contributed by atoms with Gasteiger partial charge in [0.1, 0.15) is 0 Å². The third-order valence-electron chi connectivity index (χ3n) is 5.54. The van der Waals surface area contributed by atoms with E-state index in [4.69, 9.17) is 11.6 Å². The minimum absolute atomic E-state index is 0.413. The topological polar surface area (TPSA) is 0 Å². The molecular formula is C26H19Cl. The first-order chi connectivity index (χ1) is 13.3. The summed E-state index contributed by atoms with van der Waals surface area (Å²) in [4.78, 5) is 0. The van der Waals surface area contributed by atoms with Crippen LogP contribution in [0.5, 0.6) is 0 Å². The van der Waals surface area contributed by atoms with Crippen LogP contribution in [0.15, 0.2) is 97.1 Å². The van der Waals surface area contributed by atoms with E-state index in [0.29, 0.717) is 5.92 Å². The number of rotatable bonds is 2. The summed E-state index contributed by atoms with van der Waals surface area (Å²) in [5.74, 6) is 0.413. The molecule has 0 N–H and O–H groups in total. The molecule has 1 aliphatic carbocycles. The zero-order chi connectivity index (χ0) is 18.2. The Morgan fingerprint density at radius 2 is 1.33 bits per heavy atom. The van der Waals surface area contributed by atoms with Gasteiger partial charge in [-0.1, -0.05) is 90.5 Å². The summed E-state index contributed by atoms with van der Waals surface area (Å²) in [7, 11) is 0. The molecule has 130 valence electrons. The van der Waals surface area contributed by atoms with Crippen molar-refractivity contribution in [3.63, 3.8) is 0 Å². The van der Waals surface area contributed by atoms with Crippen molar-refractivity contribution in [1.82, 2.24) is 0 Å². The molecule has 0 bridgehead atoms. The highest BCUT2D eigenvalue weighted by Crippen LogP contribution is 2.43. The van der Waals surface area contributed by atoms with Crippen LogP contribution in [0.25, 0.3) is 22.3 Å². The second kappa shape index (κ2) is 6.72. The lowest BCUT2D eigenvalue weighted by Gasteiger charge is -2.28. The maximum absolute atomic E-state index is 6.06. The minimum atomic E-state index is 0.413. The Hall–Kier alpha value is -2.83. The third-order valence-corrected chi connectivity index (χ3v) is 5.79. The summed E-state index contributed by atoms with van der Waals surface area (Å²) in [5, 5.41) is 0.771. The van der Waals surface area contributed by atoms with E-state index in [0.717, 1.165) is 11.4 Å². The number of halogens is 1. The first-order valence-electron chi connectivity index (χ1n) is 9.33. The molecular weight excluding hydrogens is 348 g/mol. The molecule has 0 unspecified atom stereocenters. The molecule has 0 heterocycles. The average Bonchev–Trinajstić information content (AvgIpc) is 2.74. The van der Waals surface area contributed by atoms with Crippen LogP contribution < -0.4 is 0 Å². The van der Waals surface area contributed by atoms with Crippen LogP contribution in [0.4, 0.5) is 0 Å². The highest BCUT2D eigenvalue weighted by Gasteiger charge is 2.25. The number of fused-ring (bicyclic) bond motifs is 3. The molecule has 0 radical (unpaired) electrons. The van der Waals surface area contributed by atoms with Crippen LogP contribution >= 0.6 is 11.6 Å². The van der Waals surface area contributed by atoms with Crippen LogP contribution in [0.1, 0.15) is 22.6 Å². The van der Waals surface area contributed by atoms with E-state index in [1.165, 1.54) is 38.9 Å². The molecule has 1 heteroatoms. The minimum Gasteiger partial charge on any atom is -0.0843 e. The lowest BCUT2D eigenvalue weighted by Crippen LogP contribution is -2.12. The molecule has 1 atom stereocenters. The average molecular weight is 367 g/mol. The van der Waals surface area contributed by atoms with Gasteiger partial charge in [0, 0.05) is 10.9 Å². The maximum atomic E-state index is 6.06. The van der Waals surface area contributed by atoms with Gasteiger partial charge in [0.05, 0.1) is 0 Å². The normalized spacial score (nSPS) is 15.1. The Morgan fingerprint density at radius 1 is 0.630 bits per heavy atom. The van der Waals surface area contributed by atoms with E-state index in [1.54, 1.807) is 0 Å². The van der Waals surface area contributed by atoms with E-state index >= 15 is 0 Å².